The minimum absolute atomic E-state index is 0.0690. The standard InChI is InChI=1S/C9H12N2O3S/c1-15-9(2-3-9)5-11-7(13)4-6(12)10-8(11)14/h4,13H,2-3,5H2,1H3,(H,10,12,14). The van der Waals surface area contributed by atoms with Gasteiger partial charge in [0, 0.05) is 11.3 Å². The number of aromatic nitrogens is 2. The van der Waals surface area contributed by atoms with Gasteiger partial charge < -0.3 is 5.11 Å². The number of aromatic hydroxyl groups is 1. The van der Waals surface area contributed by atoms with E-state index >= 15 is 0 Å². The summed E-state index contributed by atoms with van der Waals surface area (Å²) >= 11 is 1.69. The van der Waals surface area contributed by atoms with Gasteiger partial charge in [0.15, 0.2) is 0 Å². The Kier molecular flexibility index (Phi) is 2.38. The highest BCUT2D eigenvalue weighted by molar-refractivity contribution is 8.00. The van der Waals surface area contributed by atoms with Crippen molar-refractivity contribution in [3.8, 4) is 5.88 Å². The average Bonchev–Trinajstić information content (AvgIpc) is 2.92. The highest BCUT2D eigenvalue weighted by Gasteiger charge is 2.42. The summed E-state index contributed by atoms with van der Waals surface area (Å²) in [6.45, 7) is 0.454. The molecule has 0 aromatic carbocycles. The number of nitrogens with one attached hydrogen (secondary N) is 1. The monoisotopic (exact) mass is 228 g/mol. The Bertz CT molecular complexity index is 487. The lowest BCUT2D eigenvalue weighted by Crippen LogP contribution is -2.32. The molecule has 82 valence electrons. The molecule has 0 saturated heterocycles. The van der Waals surface area contributed by atoms with Crippen molar-refractivity contribution in [3.63, 3.8) is 0 Å². The third-order valence-corrected chi connectivity index (χ3v) is 4.10. The van der Waals surface area contributed by atoms with E-state index in [2.05, 4.69) is 4.98 Å². The normalized spacial score (nSPS) is 17.7. The van der Waals surface area contributed by atoms with Crippen LogP contribution in [0.1, 0.15) is 12.8 Å². The van der Waals surface area contributed by atoms with E-state index in [1.165, 1.54) is 4.57 Å². The second-order valence-corrected chi connectivity index (χ2v) is 5.04. The van der Waals surface area contributed by atoms with Crippen molar-refractivity contribution < 1.29 is 5.11 Å². The van der Waals surface area contributed by atoms with Crippen LogP contribution in [0.5, 0.6) is 5.88 Å². The van der Waals surface area contributed by atoms with Crippen molar-refractivity contribution in [2.45, 2.75) is 24.1 Å². The van der Waals surface area contributed by atoms with Crippen LogP contribution in [0.25, 0.3) is 0 Å². The van der Waals surface area contributed by atoms with Gasteiger partial charge in [-0.3, -0.25) is 14.3 Å². The minimum atomic E-state index is -0.567. The van der Waals surface area contributed by atoms with Crippen LogP contribution in [0.4, 0.5) is 0 Å². The topological polar surface area (TPSA) is 75.1 Å². The quantitative estimate of drug-likeness (QED) is 0.771. The SMILES string of the molecule is CSC1(Cn2c(O)cc(=O)[nH]c2=O)CC1. The van der Waals surface area contributed by atoms with Gasteiger partial charge in [0.05, 0.1) is 6.07 Å². The fraction of sp³-hybridized carbons (Fsp3) is 0.556. The lowest BCUT2D eigenvalue weighted by molar-refractivity contribution is 0.397. The molecule has 0 aliphatic heterocycles. The number of nitrogens with zero attached hydrogens (tertiary/aromatic N) is 1. The fourth-order valence-corrected chi connectivity index (χ4v) is 2.28. The molecule has 1 fully saturated rings. The summed E-state index contributed by atoms with van der Waals surface area (Å²) in [5.74, 6) is -0.260. The highest BCUT2D eigenvalue weighted by Crippen LogP contribution is 2.48. The first-order valence-corrected chi connectivity index (χ1v) is 5.87. The van der Waals surface area contributed by atoms with E-state index in [0.29, 0.717) is 6.54 Å². The van der Waals surface area contributed by atoms with Crippen LogP contribution >= 0.6 is 11.8 Å². The third-order valence-electron chi connectivity index (χ3n) is 2.70. The van der Waals surface area contributed by atoms with Crippen molar-refractivity contribution >= 4 is 11.8 Å². The maximum Gasteiger partial charge on any atom is 0.331 e. The number of hydrogen-bond donors (Lipinski definition) is 2. The zero-order chi connectivity index (χ0) is 11.1. The molecule has 0 amide bonds. The Labute approximate surface area is 90.1 Å². The van der Waals surface area contributed by atoms with Gasteiger partial charge in [-0.25, -0.2) is 4.79 Å². The van der Waals surface area contributed by atoms with Gasteiger partial charge in [-0.1, -0.05) is 0 Å². The minimum Gasteiger partial charge on any atom is -0.494 e. The van der Waals surface area contributed by atoms with Crippen LogP contribution < -0.4 is 11.2 Å². The molecule has 0 spiro atoms. The Morgan fingerprint density at radius 2 is 2.27 bits per heavy atom. The first kappa shape index (κ1) is 10.4. The molecule has 0 unspecified atom stereocenters. The summed E-state index contributed by atoms with van der Waals surface area (Å²) in [6.07, 6.45) is 4.07. The molecule has 1 heterocycles. The lowest BCUT2D eigenvalue weighted by atomic mass is 10.4. The van der Waals surface area contributed by atoms with E-state index < -0.39 is 11.2 Å². The molecule has 0 atom stereocenters. The van der Waals surface area contributed by atoms with Crippen molar-refractivity contribution in [2.24, 2.45) is 0 Å². The van der Waals surface area contributed by atoms with Crippen LogP contribution in [-0.4, -0.2) is 25.7 Å². The second kappa shape index (κ2) is 3.44. The maximum absolute atomic E-state index is 11.4. The molecule has 0 radical (unpaired) electrons. The average molecular weight is 228 g/mol. The Balaban J connectivity index is 2.37. The third kappa shape index (κ3) is 1.94. The van der Waals surface area contributed by atoms with E-state index in [4.69, 9.17) is 0 Å². The molecular weight excluding hydrogens is 216 g/mol. The van der Waals surface area contributed by atoms with Crippen molar-refractivity contribution in [1.29, 1.82) is 0 Å². The zero-order valence-electron chi connectivity index (χ0n) is 8.32. The van der Waals surface area contributed by atoms with Gasteiger partial charge in [0.25, 0.3) is 5.56 Å². The smallest absolute Gasteiger partial charge is 0.331 e. The summed E-state index contributed by atoms with van der Waals surface area (Å²) in [7, 11) is 0. The summed E-state index contributed by atoms with van der Waals surface area (Å²) in [5.41, 5.74) is -1.11. The van der Waals surface area contributed by atoms with Crippen molar-refractivity contribution in [2.75, 3.05) is 6.26 Å². The summed E-state index contributed by atoms with van der Waals surface area (Å²) in [5, 5.41) is 9.49. The van der Waals surface area contributed by atoms with Crippen LogP contribution in [0.15, 0.2) is 15.7 Å². The summed E-state index contributed by atoms with van der Waals surface area (Å²) < 4.78 is 1.28. The van der Waals surface area contributed by atoms with E-state index in [1.807, 2.05) is 6.26 Å². The van der Waals surface area contributed by atoms with Crippen molar-refractivity contribution in [1.82, 2.24) is 9.55 Å². The van der Waals surface area contributed by atoms with Gasteiger partial charge in [-0.15, -0.1) is 0 Å². The van der Waals surface area contributed by atoms with Crippen LogP contribution in [0, 0.1) is 0 Å². The molecule has 15 heavy (non-hydrogen) atoms. The molecule has 1 aliphatic carbocycles. The second-order valence-electron chi connectivity index (χ2n) is 3.77. The van der Waals surface area contributed by atoms with Crippen LogP contribution in [0.2, 0.25) is 0 Å². The number of aromatic amines is 1. The number of rotatable bonds is 3. The lowest BCUT2D eigenvalue weighted by Gasteiger charge is -2.14. The highest BCUT2D eigenvalue weighted by atomic mass is 32.2. The van der Waals surface area contributed by atoms with Crippen LogP contribution in [-0.2, 0) is 6.54 Å². The first-order valence-electron chi connectivity index (χ1n) is 4.65. The number of thioether (sulfide) groups is 1. The Morgan fingerprint density at radius 1 is 1.60 bits per heavy atom. The Hall–Kier alpha value is -1.17. The zero-order valence-corrected chi connectivity index (χ0v) is 9.13. The molecule has 2 N–H and O–H groups in total. The molecule has 0 bridgehead atoms. The molecule has 1 aromatic rings. The molecule has 1 aliphatic rings. The summed E-state index contributed by atoms with van der Waals surface area (Å²) in [6, 6.07) is 1.03. The van der Waals surface area contributed by atoms with E-state index in [9.17, 15) is 14.7 Å². The molecule has 1 aromatic heterocycles. The van der Waals surface area contributed by atoms with E-state index in [1.54, 1.807) is 11.8 Å². The van der Waals surface area contributed by atoms with Crippen LogP contribution in [0.3, 0.4) is 0 Å². The van der Waals surface area contributed by atoms with Gasteiger partial charge in [-0.2, -0.15) is 11.8 Å². The fourth-order valence-electron chi connectivity index (χ4n) is 1.52. The molecule has 2 rings (SSSR count). The van der Waals surface area contributed by atoms with Gasteiger partial charge in [-0.05, 0) is 19.1 Å². The van der Waals surface area contributed by atoms with Gasteiger partial charge in [0.1, 0.15) is 0 Å². The first-order chi connectivity index (χ1) is 7.06. The molecule has 1 saturated carbocycles. The maximum atomic E-state index is 11.4. The molecular formula is C9H12N2O3S. The molecule has 5 nitrogen and oxygen atoms in total. The van der Waals surface area contributed by atoms with E-state index in [0.717, 1.165) is 18.9 Å². The summed E-state index contributed by atoms with van der Waals surface area (Å²) in [4.78, 5) is 24.4. The van der Waals surface area contributed by atoms with E-state index in [-0.39, 0.29) is 10.6 Å². The predicted molar refractivity (Wildman–Crippen MR) is 58.5 cm³/mol. The Morgan fingerprint density at radius 3 is 2.73 bits per heavy atom. The molecule has 6 heteroatoms. The van der Waals surface area contributed by atoms with Gasteiger partial charge >= 0.3 is 5.69 Å². The van der Waals surface area contributed by atoms with Gasteiger partial charge in [0.2, 0.25) is 5.88 Å². The predicted octanol–water partition coefficient (Wildman–Crippen LogP) is 0.138. The number of H-pyrrole nitrogens is 1. The van der Waals surface area contributed by atoms with Crippen molar-refractivity contribution in [3.05, 3.63) is 26.9 Å². The number of hydrogen-bond acceptors (Lipinski definition) is 4. The largest absolute Gasteiger partial charge is 0.494 e.